The molecule has 1 aliphatic carbocycles. The zero-order valence-corrected chi connectivity index (χ0v) is 17.9. The van der Waals surface area contributed by atoms with Gasteiger partial charge in [-0.1, -0.05) is 0 Å². The van der Waals surface area contributed by atoms with Crippen LogP contribution in [0.1, 0.15) is 38.2 Å². The van der Waals surface area contributed by atoms with E-state index in [4.69, 9.17) is 9.47 Å². The minimum atomic E-state index is -0.727. The number of benzene rings is 1. The quantitative estimate of drug-likeness (QED) is 0.664. The molecule has 0 aromatic heterocycles. The van der Waals surface area contributed by atoms with Gasteiger partial charge in [0.2, 0.25) is 17.7 Å². The lowest BCUT2D eigenvalue weighted by molar-refractivity contribution is -0.134. The van der Waals surface area contributed by atoms with Crippen molar-refractivity contribution in [2.24, 2.45) is 5.92 Å². The monoisotopic (exact) mass is 417 g/mol. The van der Waals surface area contributed by atoms with Crippen molar-refractivity contribution in [3.63, 3.8) is 0 Å². The van der Waals surface area contributed by atoms with Crippen molar-refractivity contribution in [3.05, 3.63) is 23.8 Å². The van der Waals surface area contributed by atoms with E-state index in [0.717, 1.165) is 31.2 Å². The van der Waals surface area contributed by atoms with Crippen LogP contribution in [0.4, 0.5) is 0 Å². The zero-order valence-electron chi connectivity index (χ0n) is 17.9. The summed E-state index contributed by atoms with van der Waals surface area (Å²) in [6.45, 7) is 2.72. The zero-order chi connectivity index (χ0) is 21.7. The predicted octanol–water partition coefficient (Wildman–Crippen LogP) is 1.27. The van der Waals surface area contributed by atoms with E-state index in [-0.39, 0.29) is 36.1 Å². The van der Waals surface area contributed by atoms with Gasteiger partial charge in [-0.3, -0.25) is 14.4 Å². The summed E-state index contributed by atoms with van der Waals surface area (Å²) in [5.41, 5.74) is 0.774. The molecule has 1 saturated carbocycles. The molecular formula is C22H31N3O5. The third-order valence-corrected chi connectivity index (χ3v) is 5.69. The lowest BCUT2D eigenvalue weighted by Gasteiger charge is -2.33. The SMILES string of the molecule is COc1ccc(OC)c(CC(NC(C)=O)C(=O)NC2CCN(C(=O)C3CC3)CC2)c1. The van der Waals surface area contributed by atoms with Gasteiger partial charge in [-0.2, -0.15) is 0 Å². The Balaban J connectivity index is 1.62. The van der Waals surface area contributed by atoms with Crippen molar-refractivity contribution in [1.29, 1.82) is 0 Å². The number of methoxy groups -OCH3 is 2. The molecule has 8 heteroatoms. The molecule has 0 spiro atoms. The van der Waals surface area contributed by atoms with Crippen molar-refractivity contribution >= 4 is 17.7 Å². The lowest BCUT2D eigenvalue weighted by atomic mass is 10.0. The maximum Gasteiger partial charge on any atom is 0.243 e. The molecule has 1 heterocycles. The molecule has 3 amide bonds. The third kappa shape index (κ3) is 5.64. The maximum atomic E-state index is 13.0. The van der Waals surface area contributed by atoms with E-state index in [0.29, 0.717) is 24.6 Å². The smallest absolute Gasteiger partial charge is 0.243 e. The molecule has 2 fully saturated rings. The summed E-state index contributed by atoms with van der Waals surface area (Å²) in [5.74, 6) is 1.24. The largest absolute Gasteiger partial charge is 0.497 e. The summed E-state index contributed by atoms with van der Waals surface area (Å²) in [5, 5.41) is 5.80. The molecular weight excluding hydrogens is 386 g/mol. The molecule has 164 valence electrons. The Hall–Kier alpha value is -2.77. The average Bonchev–Trinajstić information content (AvgIpc) is 3.58. The van der Waals surface area contributed by atoms with Crippen LogP contribution < -0.4 is 20.1 Å². The van der Waals surface area contributed by atoms with Gasteiger partial charge in [0.15, 0.2) is 0 Å². The molecule has 1 aliphatic heterocycles. The van der Waals surface area contributed by atoms with Crippen molar-refractivity contribution in [2.45, 2.75) is 51.1 Å². The number of likely N-dealkylation sites (tertiary alicyclic amines) is 1. The van der Waals surface area contributed by atoms with Crippen LogP contribution in [0.3, 0.4) is 0 Å². The highest BCUT2D eigenvalue weighted by atomic mass is 16.5. The molecule has 1 aromatic carbocycles. The molecule has 1 saturated heterocycles. The van der Waals surface area contributed by atoms with Gasteiger partial charge in [0, 0.05) is 44.0 Å². The van der Waals surface area contributed by atoms with E-state index >= 15 is 0 Å². The van der Waals surface area contributed by atoms with Gasteiger partial charge >= 0.3 is 0 Å². The summed E-state index contributed by atoms with van der Waals surface area (Å²) in [6.07, 6.45) is 3.73. The first-order valence-electron chi connectivity index (χ1n) is 10.5. The number of hydrogen-bond acceptors (Lipinski definition) is 5. The highest BCUT2D eigenvalue weighted by Crippen LogP contribution is 2.32. The topological polar surface area (TPSA) is 97.0 Å². The Morgan fingerprint density at radius 2 is 1.80 bits per heavy atom. The lowest BCUT2D eigenvalue weighted by Crippen LogP contribution is -2.53. The van der Waals surface area contributed by atoms with Gasteiger partial charge in [-0.05, 0) is 43.9 Å². The fourth-order valence-corrected chi connectivity index (χ4v) is 3.85. The second-order valence-corrected chi connectivity index (χ2v) is 8.02. The Labute approximate surface area is 177 Å². The number of amides is 3. The molecule has 0 bridgehead atoms. The third-order valence-electron chi connectivity index (χ3n) is 5.69. The van der Waals surface area contributed by atoms with Crippen molar-refractivity contribution in [3.8, 4) is 11.5 Å². The number of rotatable bonds is 8. The standard InChI is InChI=1S/C22H31N3O5/c1-14(26)23-19(13-16-12-18(29-2)6-7-20(16)30-3)21(27)24-17-8-10-25(11-9-17)22(28)15-4-5-15/h6-7,12,15,17,19H,4-5,8-11,13H2,1-3H3,(H,23,26)(H,24,27). The molecule has 0 radical (unpaired) electrons. The van der Waals surface area contributed by atoms with Crippen LogP contribution in [0.25, 0.3) is 0 Å². The van der Waals surface area contributed by atoms with Crippen LogP contribution in [0.15, 0.2) is 18.2 Å². The van der Waals surface area contributed by atoms with Gasteiger partial charge in [0.25, 0.3) is 0 Å². The van der Waals surface area contributed by atoms with Crippen LogP contribution in [0, 0.1) is 5.92 Å². The minimum Gasteiger partial charge on any atom is -0.497 e. The Morgan fingerprint density at radius 3 is 2.37 bits per heavy atom. The van der Waals surface area contributed by atoms with E-state index in [1.807, 2.05) is 11.0 Å². The molecule has 1 aromatic rings. The van der Waals surface area contributed by atoms with Gasteiger partial charge in [0.05, 0.1) is 14.2 Å². The fraction of sp³-hybridized carbons (Fsp3) is 0.591. The van der Waals surface area contributed by atoms with E-state index < -0.39 is 6.04 Å². The van der Waals surface area contributed by atoms with Gasteiger partial charge in [-0.15, -0.1) is 0 Å². The maximum absolute atomic E-state index is 13.0. The Morgan fingerprint density at radius 1 is 1.10 bits per heavy atom. The van der Waals surface area contributed by atoms with Crippen LogP contribution in [-0.2, 0) is 20.8 Å². The number of nitrogens with one attached hydrogen (secondary N) is 2. The molecule has 1 unspecified atom stereocenters. The highest BCUT2D eigenvalue weighted by Gasteiger charge is 2.35. The molecule has 30 heavy (non-hydrogen) atoms. The van der Waals surface area contributed by atoms with Crippen LogP contribution in [0.2, 0.25) is 0 Å². The summed E-state index contributed by atoms with van der Waals surface area (Å²) >= 11 is 0. The van der Waals surface area contributed by atoms with Gasteiger partial charge in [-0.25, -0.2) is 0 Å². The number of carbonyl (C=O) groups is 3. The average molecular weight is 418 g/mol. The number of hydrogen-bond donors (Lipinski definition) is 2. The summed E-state index contributed by atoms with van der Waals surface area (Å²) in [7, 11) is 3.14. The van der Waals surface area contributed by atoms with E-state index in [1.165, 1.54) is 6.92 Å². The predicted molar refractivity (Wildman–Crippen MR) is 111 cm³/mol. The molecule has 1 atom stereocenters. The number of carbonyl (C=O) groups excluding carboxylic acids is 3. The van der Waals surface area contributed by atoms with Crippen LogP contribution >= 0.6 is 0 Å². The second-order valence-electron chi connectivity index (χ2n) is 8.02. The first kappa shape index (κ1) is 21.9. The number of piperidine rings is 1. The van der Waals surface area contributed by atoms with Crippen molar-refractivity contribution < 1.29 is 23.9 Å². The fourth-order valence-electron chi connectivity index (χ4n) is 3.85. The molecule has 2 aliphatic rings. The first-order chi connectivity index (χ1) is 14.4. The highest BCUT2D eigenvalue weighted by molar-refractivity contribution is 5.87. The van der Waals surface area contributed by atoms with Gasteiger partial charge in [0.1, 0.15) is 17.5 Å². The van der Waals surface area contributed by atoms with E-state index in [9.17, 15) is 14.4 Å². The first-order valence-corrected chi connectivity index (χ1v) is 10.5. The van der Waals surface area contributed by atoms with Crippen LogP contribution in [-0.4, -0.2) is 62.0 Å². The number of ether oxygens (including phenoxy) is 2. The minimum absolute atomic E-state index is 0.00998. The second kappa shape index (κ2) is 9.82. The van der Waals surface area contributed by atoms with Crippen LogP contribution in [0.5, 0.6) is 11.5 Å². The van der Waals surface area contributed by atoms with E-state index in [2.05, 4.69) is 10.6 Å². The summed E-state index contributed by atoms with van der Waals surface area (Å²) < 4.78 is 10.7. The summed E-state index contributed by atoms with van der Waals surface area (Å²) in [4.78, 5) is 38.8. The van der Waals surface area contributed by atoms with E-state index in [1.54, 1.807) is 26.4 Å². The molecule has 8 nitrogen and oxygen atoms in total. The molecule has 3 rings (SSSR count). The number of nitrogens with zero attached hydrogens (tertiary/aromatic N) is 1. The Bertz CT molecular complexity index is 785. The van der Waals surface area contributed by atoms with Crippen molar-refractivity contribution in [2.75, 3.05) is 27.3 Å². The summed E-state index contributed by atoms with van der Waals surface area (Å²) in [6, 6.07) is 4.64. The Kier molecular flexibility index (Phi) is 7.18. The normalized spacial score (nSPS) is 17.8. The molecule has 2 N–H and O–H groups in total. The van der Waals surface area contributed by atoms with Gasteiger partial charge < -0.3 is 25.0 Å². The van der Waals surface area contributed by atoms with Crippen molar-refractivity contribution in [1.82, 2.24) is 15.5 Å².